The molecule has 0 aliphatic heterocycles. The molecule has 17 heavy (non-hydrogen) atoms. The van der Waals surface area contributed by atoms with E-state index in [2.05, 4.69) is 5.32 Å². The maximum Gasteiger partial charge on any atom is 0.407 e. The Kier molecular flexibility index (Phi) is 6.82. The molecule has 1 amide bonds. The molecule has 0 saturated carbocycles. The highest BCUT2D eigenvalue weighted by Gasteiger charge is 2.01. The van der Waals surface area contributed by atoms with Gasteiger partial charge in [-0.1, -0.05) is 37.3 Å². The molecule has 1 N–H and O–H groups in total. The molecule has 1 aromatic rings. The van der Waals surface area contributed by atoms with Crippen LogP contribution in [0.3, 0.4) is 0 Å². The van der Waals surface area contributed by atoms with Crippen LogP contribution in [0, 0.1) is 0 Å². The SMILES string of the molecule is CCCOCCNC(=O)OCc1ccccc1. The van der Waals surface area contributed by atoms with E-state index in [4.69, 9.17) is 9.47 Å². The monoisotopic (exact) mass is 237 g/mol. The van der Waals surface area contributed by atoms with Gasteiger partial charge in [-0.05, 0) is 12.0 Å². The Balaban J connectivity index is 2.05. The van der Waals surface area contributed by atoms with Crippen LogP contribution in [-0.2, 0) is 16.1 Å². The molecule has 4 heteroatoms. The molecule has 94 valence electrons. The van der Waals surface area contributed by atoms with Gasteiger partial charge in [-0.15, -0.1) is 0 Å². The average molecular weight is 237 g/mol. The Morgan fingerprint density at radius 1 is 1.24 bits per heavy atom. The molecular weight excluding hydrogens is 218 g/mol. The number of amides is 1. The number of hydrogen-bond acceptors (Lipinski definition) is 3. The third kappa shape index (κ3) is 6.58. The summed E-state index contributed by atoms with van der Waals surface area (Å²) in [5, 5.41) is 2.63. The number of ether oxygens (including phenoxy) is 2. The number of nitrogens with one attached hydrogen (secondary N) is 1. The lowest BCUT2D eigenvalue weighted by molar-refractivity contribution is 0.119. The first-order valence-electron chi connectivity index (χ1n) is 5.85. The summed E-state index contributed by atoms with van der Waals surface area (Å²) < 4.78 is 10.3. The standard InChI is InChI=1S/C13H19NO3/c1-2-9-16-10-8-14-13(15)17-11-12-6-4-3-5-7-12/h3-7H,2,8-11H2,1H3,(H,14,15). The number of carbonyl (C=O) groups excluding carboxylic acids is 1. The summed E-state index contributed by atoms with van der Waals surface area (Å²) >= 11 is 0. The number of benzene rings is 1. The predicted octanol–water partition coefficient (Wildman–Crippen LogP) is 2.34. The molecule has 0 atom stereocenters. The third-order valence-electron chi connectivity index (χ3n) is 2.08. The normalized spacial score (nSPS) is 9.94. The van der Waals surface area contributed by atoms with Crippen molar-refractivity contribution >= 4 is 6.09 Å². The highest BCUT2D eigenvalue weighted by atomic mass is 16.5. The van der Waals surface area contributed by atoms with Gasteiger partial charge < -0.3 is 14.8 Å². The summed E-state index contributed by atoms with van der Waals surface area (Å²) in [5.41, 5.74) is 0.977. The summed E-state index contributed by atoms with van der Waals surface area (Å²) in [5.74, 6) is 0. The van der Waals surface area contributed by atoms with Crippen LogP contribution in [0.4, 0.5) is 4.79 Å². The molecule has 1 aromatic carbocycles. The Hall–Kier alpha value is -1.55. The van der Waals surface area contributed by atoms with Gasteiger partial charge in [0.2, 0.25) is 0 Å². The second-order valence-electron chi connectivity index (χ2n) is 3.60. The van der Waals surface area contributed by atoms with Crippen molar-refractivity contribution in [2.75, 3.05) is 19.8 Å². The topological polar surface area (TPSA) is 47.6 Å². The molecule has 0 fully saturated rings. The van der Waals surface area contributed by atoms with Gasteiger partial charge in [-0.25, -0.2) is 4.79 Å². The molecule has 0 heterocycles. The number of carbonyl (C=O) groups is 1. The van der Waals surface area contributed by atoms with Gasteiger partial charge in [0.25, 0.3) is 0 Å². The van der Waals surface area contributed by atoms with E-state index in [1.54, 1.807) is 0 Å². The lowest BCUT2D eigenvalue weighted by Gasteiger charge is -2.07. The van der Waals surface area contributed by atoms with Crippen LogP contribution in [0.5, 0.6) is 0 Å². The molecule has 0 saturated heterocycles. The molecule has 0 bridgehead atoms. The molecule has 0 spiro atoms. The predicted molar refractivity (Wildman–Crippen MR) is 65.7 cm³/mol. The summed E-state index contributed by atoms with van der Waals surface area (Å²) in [4.78, 5) is 11.3. The van der Waals surface area contributed by atoms with Crippen molar-refractivity contribution in [2.24, 2.45) is 0 Å². The Bertz CT molecular complexity index is 314. The van der Waals surface area contributed by atoms with E-state index in [1.165, 1.54) is 0 Å². The van der Waals surface area contributed by atoms with Crippen molar-refractivity contribution in [3.05, 3.63) is 35.9 Å². The van der Waals surface area contributed by atoms with Crippen LogP contribution in [0.2, 0.25) is 0 Å². The fourth-order valence-corrected chi connectivity index (χ4v) is 1.25. The highest BCUT2D eigenvalue weighted by molar-refractivity contribution is 5.67. The van der Waals surface area contributed by atoms with Gasteiger partial charge in [0.1, 0.15) is 6.61 Å². The van der Waals surface area contributed by atoms with Crippen molar-refractivity contribution in [3.8, 4) is 0 Å². The van der Waals surface area contributed by atoms with E-state index in [9.17, 15) is 4.79 Å². The summed E-state index contributed by atoms with van der Waals surface area (Å²) in [6, 6.07) is 9.58. The van der Waals surface area contributed by atoms with Gasteiger partial charge >= 0.3 is 6.09 Å². The van der Waals surface area contributed by atoms with E-state index in [0.717, 1.165) is 18.6 Å². The van der Waals surface area contributed by atoms with Gasteiger partial charge in [-0.2, -0.15) is 0 Å². The third-order valence-corrected chi connectivity index (χ3v) is 2.08. The zero-order valence-electron chi connectivity index (χ0n) is 10.1. The highest BCUT2D eigenvalue weighted by Crippen LogP contribution is 2.00. The maximum atomic E-state index is 11.3. The van der Waals surface area contributed by atoms with Crippen molar-refractivity contribution in [1.82, 2.24) is 5.32 Å². The average Bonchev–Trinajstić information content (AvgIpc) is 2.37. The number of rotatable bonds is 7. The number of hydrogen-bond donors (Lipinski definition) is 1. The van der Waals surface area contributed by atoms with E-state index >= 15 is 0 Å². The first kappa shape index (κ1) is 13.5. The van der Waals surface area contributed by atoms with E-state index in [-0.39, 0.29) is 0 Å². The van der Waals surface area contributed by atoms with E-state index in [0.29, 0.717) is 19.8 Å². The first-order chi connectivity index (χ1) is 8.33. The summed E-state index contributed by atoms with van der Waals surface area (Å²) in [7, 11) is 0. The molecule has 0 aliphatic rings. The van der Waals surface area contributed by atoms with Crippen molar-refractivity contribution in [3.63, 3.8) is 0 Å². The summed E-state index contributed by atoms with van der Waals surface area (Å²) in [6.07, 6.45) is 0.576. The van der Waals surface area contributed by atoms with Gasteiger partial charge in [-0.3, -0.25) is 0 Å². The number of alkyl carbamates (subject to hydrolysis) is 1. The van der Waals surface area contributed by atoms with Gasteiger partial charge in [0.05, 0.1) is 6.61 Å². The lowest BCUT2D eigenvalue weighted by atomic mass is 10.2. The van der Waals surface area contributed by atoms with Crippen molar-refractivity contribution in [2.45, 2.75) is 20.0 Å². The molecule has 4 nitrogen and oxygen atoms in total. The van der Waals surface area contributed by atoms with E-state index in [1.807, 2.05) is 37.3 Å². The zero-order chi connectivity index (χ0) is 12.3. The fourth-order valence-electron chi connectivity index (χ4n) is 1.25. The van der Waals surface area contributed by atoms with Crippen molar-refractivity contribution in [1.29, 1.82) is 0 Å². The van der Waals surface area contributed by atoms with Gasteiger partial charge in [0.15, 0.2) is 0 Å². The molecule has 0 radical (unpaired) electrons. The van der Waals surface area contributed by atoms with Gasteiger partial charge in [0, 0.05) is 13.2 Å². The van der Waals surface area contributed by atoms with Crippen LogP contribution < -0.4 is 5.32 Å². The van der Waals surface area contributed by atoms with Crippen LogP contribution in [0.1, 0.15) is 18.9 Å². The minimum absolute atomic E-state index is 0.294. The lowest BCUT2D eigenvalue weighted by Crippen LogP contribution is -2.27. The molecule has 1 rings (SSSR count). The van der Waals surface area contributed by atoms with Crippen LogP contribution in [0.15, 0.2) is 30.3 Å². The fraction of sp³-hybridized carbons (Fsp3) is 0.462. The Morgan fingerprint density at radius 3 is 2.71 bits per heavy atom. The Morgan fingerprint density at radius 2 is 2.00 bits per heavy atom. The minimum atomic E-state index is -0.408. The smallest absolute Gasteiger partial charge is 0.407 e. The quantitative estimate of drug-likeness (QED) is 0.740. The zero-order valence-corrected chi connectivity index (χ0v) is 10.1. The summed E-state index contributed by atoms with van der Waals surface area (Å²) in [6.45, 7) is 4.06. The first-order valence-corrected chi connectivity index (χ1v) is 5.85. The largest absolute Gasteiger partial charge is 0.445 e. The van der Waals surface area contributed by atoms with Crippen molar-refractivity contribution < 1.29 is 14.3 Å². The maximum absolute atomic E-state index is 11.3. The second-order valence-corrected chi connectivity index (χ2v) is 3.60. The van der Waals surface area contributed by atoms with Crippen LogP contribution in [0.25, 0.3) is 0 Å². The Labute approximate surface area is 102 Å². The van der Waals surface area contributed by atoms with Crippen LogP contribution in [-0.4, -0.2) is 25.9 Å². The van der Waals surface area contributed by atoms with Crippen LogP contribution >= 0.6 is 0 Å². The van der Waals surface area contributed by atoms with E-state index < -0.39 is 6.09 Å². The molecule has 0 unspecified atom stereocenters. The second kappa shape index (κ2) is 8.58. The molecule has 0 aliphatic carbocycles. The minimum Gasteiger partial charge on any atom is -0.445 e. The molecule has 0 aromatic heterocycles. The molecular formula is C13H19NO3.